The number of ether oxygens (including phenoxy) is 1. The van der Waals surface area contributed by atoms with Crippen LogP contribution in [0.2, 0.25) is 0 Å². The summed E-state index contributed by atoms with van der Waals surface area (Å²) in [5.74, 6) is -0.218. The molecule has 0 bridgehead atoms. The van der Waals surface area contributed by atoms with Gasteiger partial charge in [-0.05, 0) is 42.2 Å². The molecule has 5 heteroatoms. The summed E-state index contributed by atoms with van der Waals surface area (Å²) in [6, 6.07) is 1.32. The highest BCUT2D eigenvalue weighted by Crippen LogP contribution is 2.44. The Labute approximate surface area is 108 Å². The fraction of sp³-hybridized carbons (Fsp3) is 0.500. The Morgan fingerprint density at radius 1 is 1.59 bits per heavy atom. The van der Waals surface area contributed by atoms with Gasteiger partial charge in [-0.2, -0.15) is 0 Å². The van der Waals surface area contributed by atoms with Gasteiger partial charge in [0.1, 0.15) is 5.82 Å². The number of hydrogen-bond donors (Lipinski definition) is 2. The van der Waals surface area contributed by atoms with Gasteiger partial charge in [-0.3, -0.25) is 0 Å². The van der Waals surface area contributed by atoms with Gasteiger partial charge in [0.15, 0.2) is 11.5 Å². The number of methoxy groups -OCH3 is 1. The Kier molecular flexibility index (Phi) is 3.32. The molecule has 0 aliphatic carbocycles. The third-order valence-electron chi connectivity index (χ3n) is 3.28. The fourth-order valence-corrected chi connectivity index (χ4v) is 2.82. The van der Waals surface area contributed by atoms with E-state index in [2.05, 4.69) is 21.2 Å². The van der Waals surface area contributed by atoms with E-state index in [1.165, 1.54) is 13.2 Å². The highest BCUT2D eigenvalue weighted by atomic mass is 79.9. The molecule has 1 fully saturated rings. The van der Waals surface area contributed by atoms with E-state index < -0.39 is 5.54 Å². The first-order chi connectivity index (χ1) is 7.99. The summed E-state index contributed by atoms with van der Waals surface area (Å²) in [5, 5.41) is 13.1. The van der Waals surface area contributed by atoms with Crippen molar-refractivity contribution in [3.8, 4) is 11.5 Å². The number of nitrogens with one attached hydrogen (secondary N) is 1. The molecule has 3 nitrogen and oxygen atoms in total. The standard InChI is InChI=1S/C12H15BrFNO2/c1-12(4-3-5-15-12)9-10(14)7(13)6-8(16)11(9)17-2/h6,15-16H,3-5H2,1-2H3. The van der Waals surface area contributed by atoms with Crippen molar-refractivity contribution >= 4 is 15.9 Å². The molecule has 94 valence electrons. The number of benzene rings is 1. The predicted molar refractivity (Wildman–Crippen MR) is 66.9 cm³/mol. The molecular weight excluding hydrogens is 289 g/mol. The Hall–Kier alpha value is -0.810. The average molecular weight is 304 g/mol. The van der Waals surface area contributed by atoms with Crippen LogP contribution in [-0.4, -0.2) is 18.8 Å². The second kappa shape index (κ2) is 4.46. The lowest BCUT2D eigenvalue weighted by Gasteiger charge is -2.28. The number of halogens is 2. The van der Waals surface area contributed by atoms with Crippen molar-refractivity contribution < 1.29 is 14.2 Å². The highest BCUT2D eigenvalue weighted by molar-refractivity contribution is 9.10. The maximum absolute atomic E-state index is 14.2. The van der Waals surface area contributed by atoms with Crippen molar-refractivity contribution in [2.45, 2.75) is 25.3 Å². The van der Waals surface area contributed by atoms with Crippen molar-refractivity contribution in [2.75, 3.05) is 13.7 Å². The molecule has 0 radical (unpaired) electrons. The molecule has 1 aliphatic heterocycles. The maximum Gasteiger partial charge on any atom is 0.168 e. The lowest BCUT2D eigenvalue weighted by atomic mass is 9.89. The summed E-state index contributed by atoms with van der Waals surface area (Å²) in [5.41, 5.74) is -0.0965. The normalized spacial score (nSPS) is 24.0. The van der Waals surface area contributed by atoms with Gasteiger partial charge >= 0.3 is 0 Å². The largest absolute Gasteiger partial charge is 0.504 e. The van der Waals surface area contributed by atoms with Crippen molar-refractivity contribution in [2.24, 2.45) is 0 Å². The van der Waals surface area contributed by atoms with Gasteiger partial charge in [-0.1, -0.05) is 0 Å². The third-order valence-corrected chi connectivity index (χ3v) is 3.85. The maximum atomic E-state index is 14.2. The topological polar surface area (TPSA) is 41.5 Å². The molecule has 1 aromatic rings. The van der Waals surface area contributed by atoms with Crippen LogP contribution in [0, 0.1) is 5.82 Å². The molecule has 17 heavy (non-hydrogen) atoms. The molecule has 1 aromatic carbocycles. The lowest BCUT2D eigenvalue weighted by molar-refractivity contribution is 0.332. The van der Waals surface area contributed by atoms with Crippen molar-refractivity contribution in [1.82, 2.24) is 5.32 Å². The van der Waals surface area contributed by atoms with Crippen LogP contribution in [0.25, 0.3) is 0 Å². The molecule has 2 rings (SSSR count). The zero-order valence-corrected chi connectivity index (χ0v) is 11.4. The minimum Gasteiger partial charge on any atom is -0.504 e. The van der Waals surface area contributed by atoms with Crippen LogP contribution >= 0.6 is 15.9 Å². The minimum absolute atomic E-state index is 0.0503. The molecule has 1 saturated heterocycles. The van der Waals surface area contributed by atoms with Gasteiger partial charge in [0, 0.05) is 11.6 Å². The van der Waals surface area contributed by atoms with Gasteiger partial charge in [0.25, 0.3) is 0 Å². The molecule has 2 N–H and O–H groups in total. The Morgan fingerprint density at radius 3 is 2.82 bits per heavy atom. The highest BCUT2D eigenvalue weighted by Gasteiger charge is 2.37. The monoisotopic (exact) mass is 303 g/mol. The summed E-state index contributed by atoms with van der Waals surface area (Å²) in [6.07, 6.45) is 1.79. The van der Waals surface area contributed by atoms with E-state index in [1.807, 2.05) is 6.92 Å². The second-order valence-electron chi connectivity index (χ2n) is 4.46. The van der Waals surface area contributed by atoms with E-state index >= 15 is 0 Å². The minimum atomic E-state index is -0.489. The van der Waals surface area contributed by atoms with Crippen LogP contribution in [0.5, 0.6) is 11.5 Å². The van der Waals surface area contributed by atoms with Crippen LogP contribution in [0.4, 0.5) is 4.39 Å². The molecule has 0 spiro atoms. The molecule has 0 amide bonds. The van der Waals surface area contributed by atoms with Crippen LogP contribution in [0.1, 0.15) is 25.3 Å². The van der Waals surface area contributed by atoms with Gasteiger partial charge in [-0.25, -0.2) is 4.39 Å². The van der Waals surface area contributed by atoms with E-state index in [4.69, 9.17) is 4.74 Å². The zero-order valence-electron chi connectivity index (χ0n) is 9.81. The van der Waals surface area contributed by atoms with E-state index in [0.29, 0.717) is 5.56 Å². The lowest BCUT2D eigenvalue weighted by Crippen LogP contribution is -2.34. The smallest absolute Gasteiger partial charge is 0.168 e. The molecule has 1 heterocycles. The Balaban J connectivity index is 2.65. The predicted octanol–water partition coefficient (Wildman–Crippen LogP) is 2.90. The summed E-state index contributed by atoms with van der Waals surface area (Å²) in [6.45, 7) is 2.76. The van der Waals surface area contributed by atoms with Crippen LogP contribution in [0.15, 0.2) is 10.5 Å². The van der Waals surface area contributed by atoms with Gasteiger partial charge in [-0.15, -0.1) is 0 Å². The quantitative estimate of drug-likeness (QED) is 0.883. The van der Waals surface area contributed by atoms with Crippen LogP contribution in [0.3, 0.4) is 0 Å². The molecule has 0 aromatic heterocycles. The number of phenolic OH excluding ortho intramolecular Hbond substituents is 1. The van der Waals surface area contributed by atoms with E-state index in [1.54, 1.807) is 0 Å². The summed E-state index contributed by atoms with van der Waals surface area (Å²) >= 11 is 3.11. The van der Waals surface area contributed by atoms with Crippen molar-refractivity contribution in [1.29, 1.82) is 0 Å². The summed E-state index contributed by atoms with van der Waals surface area (Å²) in [7, 11) is 1.43. The molecule has 1 unspecified atom stereocenters. The van der Waals surface area contributed by atoms with Gasteiger partial charge in [0.05, 0.1) is 17.1 Å². The van der Waals surface area contributed by atoms with E-state index in [-0.39, 0.29) is 21.8 Å². The van der Waals surface area contributed by atoms with Crippen molar-refractivity contribution in [3.63, 3.8) is 0 Å². The molecule has 1 aliphatic rings. The number of hydrogen-bond acceptors (Lipinski definition) is 3. The van der Waals surface area contributed by atoms with Gasteiger partial charge < -0.3 is 15.2 Å². The summed E-state index contributed by atoms with van der Waals surface area (Å²) in [4.78, 5) is 0. The number of aromatic hydroxyl groups is 1. The zero-order chi connectivity index (χ0) is 12.6. The fourth-order valence-electron chi connectivity index (χ4n) is 2.40. The number of rotatable bonds is 2. The first-order valence-corrected chi connectivity index (χ1v) is 6.29. The van der Waals surface area contributed by atoms with Crippen molar-refractivity contribution in [3.05, 3.63) is 21.9 Å². The van der Waals surface area contributed by atoms with Gasteiger partial charge in [0.2, 0.25) is 0 Å². The van der Waals surface area contributed by atoms with Crippen LogP contribution in [-0.2, 0) is 5.54 Å². The second-order valence-corrected chi connectivity index (χ2v) is 5.32. The Morgan fingerprint density at radius 2 is 2.29 bits per heavy atom. The number of phenols is 1. The SMILES string of the molecule is COc1c(O)cc(Br)c(F)c1C1(C)CCCN1. The average Bonchev–Trinajstić information content (AvgIpc) is 2.71. The molecule has 1 atom stereocenters. The van der Waals surface area contributed by atoms with Crippen LogP contribution < -0.4 is 10.1 Å². The summed E-state index contributed by atoms with van der Waals surface area (Å²) < 4.78 is 19.6. The van der Waals surface area contributed by atoms with E-state index in [9.17, 15) is 9.50 Å². The van der Waals surface area contributed by atoms with E-state index in [0.717, 1.165) is 19.4 Å². The molecular formula is C12H15BrFNO2. The first-order valence-electron chi connectivity index (χ1n) is 5.50. The molecule has 0 saturated carbocycles. The first kappa shape index (κ1) is 12.6. The Bertz CT molecular complexity index is 445. The third kappa shape index (κ3) is 2.02.